The van der Waals surface area contributed by atoms with E-state index in [1.165, 1.54) is 23.1 Å². The molecule has 0 amide bonds. The van der Waals surface area contributed by atoms with Gasteiger partial charge in [-0.25, -0.2) is 0 Å². The lowest BCUT2D eigenvalue weighted by atomic mass is 9.52. The highest BCUT2D eigenvalue weighted by Crippen LogP contribution is 2.65. The van der Waals surface area contributed by atoms with Crippen LogP contribution < -0.4 is 0 Å². The van der Waals surface area contributed by atoms with Crippen LogP contribution in [-0.4, -0.2) is 10.0 Å². The minimum atomic E-state index is -0.383. The van der Waals surface area contributed by atoms with E-state index in [4.69, 9.17) is 4.74 Å². The zero-order valence-corrected chi connectivity index (χ0v) is 26.7. The molecule has 1 N–H and O–H groups in total. The third-order valence-corrected chi connectivity index (χ3v) is 11.4. The second-order valence-electron chi connectivity index (χ2n) is 16.0. The first-order valence-corrected chi connectivity index (χ1v) is 15.4. The number of aliphatic hydroxyl groups excluding tert-OH is 1. The monoisotopic (exact) mass is 544 g/mol. The van der Waals surface area contributed by atoms with Gasteiger partial charge in [0.25, 0.3) is 0 Å². The molecular weight excluding hydrogens is 496 g/mol. The Morgan fingerprint density at radius 2 is 1.54 bits per heavy atom. The molecule has 39 heavy (non-hydrogen) atoms. The molecule has 0 atom stereocenters. The molecule has 5 rings (SSSR count). The van der Waals surface area contributed by atoms with E-state index in [-0.39, 0.29) is 32.0 Å². The molecule has 1 heterocycles. The highest BCUT2D eigenvalue weighted by molar-refractivity contribution is 8.04. The lowest BCUT2D eigenvalue weighted by Crippen LogP contribution is -2.50. The predicted octanol–water partition coefficient (Wildman–Crippen LogP) is 10.6. The van der Waals surface area contributed by atoms with E-state index in [0.717, 1.165) is 34.7 Å². The molecule has 3 aliphatic carbocycles. The van der Waals surface area contributed by atoms with Crippen molar-refractivity contribution in [2.45, 2.75) is 105 Å². The van der Waals surface area contributed by atoms with Gasteiger partial charge in [0.15, 0.2) is 4.93 Å². The van der Waals surface area contributed by atoms with Crippen LogP contribution in [0, 0.1) is 21.7 Å². The summed E-state index contributed by atoms with van der Waals surface area (Å²) in [5.74, 6) is 1.31. The highest BCUT2D eigenvalue weighted by atomic mass is 32.2. The summed E-state index contributed by atoms with van der Waals surface area (Å²) in [4.78, 5) is 0.737. The number of fused-ring (bicyclic) bond motifs is 3. The number of thioether (sulfide) groups is 1. The Bertz CT molecular complexity index is 1320. The molecule has 2 nitrogen and oxygen atoms in total. The quantitative estimate of drug-likeness (QED) is 0.357. The molecule has 1 aliphatic heterocycles. The molecule has 1 aromatic rings. The summed E-state index contributed by atoms with van der Waals surface area (Å²) < 4.78 is 6.76. The molecule has 1 spiro atoms. The Morgan fingerprint density at radius 3 is 2.13 bits per heavy atom. The average molecular weight is 545 g/mol. The molecule has 1 saturated heterocycles. The normalized spacial score (nSPS) is 27.0. The average Bonchev–Trinajstić information content (AvgIpc) is 3.28. The fourth-order valence-corrected chi connectivity index (χ4v) is 10.2. The van der Waals surface area contributed by atoms with Gasteiger partial charge in [-0.2, -0.15) is 0 Å². The number of hydrogen-bond acceptors (Lipinski definition) is 3. The van der Waals surface area contributed by atoms with E-state index in [2.05, 4.69) is 118 Å². The zero-order valence-electron chi connectivity index (χ0n) is 25.8. The van der Waals surface area contributed by atoms with Gasteiger partial charge in [0.2, 0.25) is 0 Å². The standard InChI is InChI=1S/C36H48O2S/c1-23-25-14-12-13-15-26(25)35(21-33(8,9)20-34(10,11)22-35)27(23)19-28(37)24-16-17-29-30(18-24)39-36(38-29,31(2,3)4)32(5,6)7/h12-15,17-19,37H,1,16,20-22H2,2-11H3/b27-19+,28-24-. The van der Waals surface area contributed by atoms with Crippen LogP contribution in [0.2, 0.25) is 0 Å². The van der Waals surface area contributed by atoms with Gasteiger partial charge in [0.05, 0.1) is 4.91 Å². The molecule has 2 fully saturated rings. The van der Waals surface area contributed by atoms with Gasteiger partial charge in [-0.15, -0.1) is 0 Å². The molecular formula is C36H48O2S. The van der Waals surface area contributed by atoms with Crippen LogP contribution >= 0.6 is 11.8 Å². The molecule has 1 saturated carbocycles. The Kier molecular flexibility index (Phi) is 6.32. The Balaban J connectivity index is 1.60. The minimum absolute atomic E-state index is 0.0663. The van der Waals surface area contributed by atoms with E-state index >= 15 is 0 Å². The van der Waals surface area contributed by atoms with Crippen LogP contribution in [0.3, 0.4) is 0 Å². The first kappa shape index (κ1) is 28.4. The molecule has 0 unspecified atom stereocenters. The van der Waals surface area contributed by atoms with Gasteiger partial charge in [0, 0.05) is 16.2 Å². The predicted molar refractivity (Wildman–Crippen MR) is 167 cm³/mol. The van der Waals surface area contributed by atoms with Crippen LogP contribution in [0.15, 0.2) is 76.6 Å². The smallest absolute Gasteiger partial charge is 0.168 e. The van der Waals surface area contributed by atoms with Crippen molar-refractivity contribution in [3.63, 3.8) is 0 Å². The molecule has 1 aromatic carbocycles. The molecule has 0 aromatic heterocycles. The van der Waals surface area contributed by atoms with Gasteiger partial charge in [-0.3, -0.25) is 0 Å². The number of hydrogen-bond donors (Lipinski definition) is 1. The maximum absolute atomic E-state index is 11.7. The van der Waals surface area contributed by atoms with Crippen molar-refractivity contribution >= 4 is 17.3 Å². The minimum Gasteiger partial charge on any atom is -0.508 e. The summed E-state index contributed by atoms with van der Waals surface area (Å²) in [5, 5.41) is 11.7. The van der Waals surface area contributed by atoms with Crippen LogP contribution in [0.1, 0.15) is 106 Å². The third-order valence-electron chi connectivity index (χ3n) is 9.27. The van der Waals surface area contributed by atoms with Crippen molar-refractivity contribution in [2.75, 3.05) is 0 Å². The Labute approximate surface area is 241 Å². The number of rotatable bonds is 1. The SMILES string of the molecule is C=C1/C(=C\C(O)=C2\C=C3SC(C(C)(C)C)(C(C)(C)C)OC3=CC2)C2(CC(C)(C)CC(C)(C)C2)c2ccccc21. The van der Waals surface area contributed by atoms with Gasteiger partial charge < -0.3 is 9.84 Å². The van der Waals surface area contributed by atoms with Crippen molar-refractivity contribution < 1.29 is 9.84 Å². The van der Waals surface area contributed by atoms with Crippen molar-refractivity contribution in [1.82, 2.24) is 0 Å². The van der Waals surface area contributed by atoms with Crippen molar-refractivity contribution in [3.05, 3.63) is 87.8 Å². The zero-order chi connectivity index (χ0) is 28.8. The van der Waals surface area contributed by atoms with E-state index in [9.17, 15) is 5.11 Å². The largest absolute Gasteiger partial charge is 0.508 e. The van der Waals surface area contributed by atoms with Gasteiger partial charge in [0.1, 0.15) is 11.5 Å². The molecule has 0 bridgehead atoms. The van der Waals surface area contributed by atoms with Crippen LogP contribution in [-0.2, 0) is 10.2 Å². The Hall–Kier alpha value is -2.13. The first-order valence-electron chi connectivity index (χ1n) is 14.5. The number of ether oxygens (including phenoxy) is 1. The summed E-state index contributed by atoms with van der Waals surface area (Å²) in [6, 6.07) is 8.78. The van der Waals surface area contributed by atoms with Crippen LogP contribution in [0.4, 0.5) is 0 Å². The lowest BCUT2D eigenvalue weighted by Gasteiger charge is -2.52. The summed E-state index contributed by atoms with van der Waals surface area (Å²) in [6.45, 7) is 27.8. The van der Waals surface area contributed by atoms with Crippen molar-refractivity contribution in [2.24, 2.45) is 21.7 Å². The topological polar surface area (TPSA) is 29.5 Å². The molecule has 3 heteroatoms. The second kappa shape index (κ2) is 8.68. The van der Waals surface area contributed by atoms with E-state index in [0.29, 0.717) is 12.2 Å². The third kappa shape index (κ3) is 4.48. The fraction of sp³-hybridized carbons (Fsp3) is 0.556. The van der Waals surface area contributed by atoms with Crippen LogP contribution in [0.5, 0.6) is 0 Å². The number of aliphatic hydroxyl groups is 1. The molecule has 210 valence electrons. The van der Waals surface area contributed by atoms with Gasteiger partial charge in [-0.05, 0) is 82.6 Å². The van der Waals surface area contributed by atoms with E-state index in [1.54, 1.807) is 0 Å². The Morgan fingerprint density at radius 1 is 0.949 bits per heavy atom. The fourth-order valence-electron chi connectivity index (χ4n) is 8.70. The number of allylic oxidation sites excluding steroid dienone is 6. The van der Waals surface area contributed by atoms with E-state index in [1.807, 2.05) is 11.8 Å². The summed E-state index contributed by atoms with van der Waals surface area (Å²) in [7, 11) is 0. The summed E-state index contributed by atoms with van der Waals surface area (Å²) in [5.41, 5.74) is 5.91. The first-order chi connectivity index (χ1) is 17.8. The second-order valence-corrected chi connectivity index (χ2v) is 17.3. The van der Waals surface area contributed by atoms with Crippen molar-refractivity contribution in [1.29, 1.82) is 0 Å². The maximum atomic E-state index is 11.7. The lowest BCUT2D eigenvalue weighted by molar-refractivity contribution is -0.0687. The molecule has 4 aliphatic rings. The van der Waals surface area contributed by atoms with Gasteiger partial charge in [-0.1, -0.05) is 112 Å². The number of benzene rings is 1. The summed E-state index contributed by atoms with van der Waals surface area (Å²) >= 11 is 1.82. The molecule has 0 radical (unpaired) electrons. The highest BCUT2D eigenvalue weighted by Gasteiger charge is 2.59. The van der Waals surface area contributed by atoms with Gasteiger partial charge >= 0.3 is 0 Å². The van der Waals surface area contributed by atoms with Crippen molar-refractivity contribution in [3.8, 4) is 0 Å². The maximum Gasteiger partial charge on any atom is 0.168 e. The summed E-state index contributed by atoms with van der Waals surface area (Å²) in [6.07, 6.45) is 10.3. The van der Waals surface area contributed by atoms with Crippen LogP contribution in [0.25, 0.3) is 5.57 Å². The van der Waals surface area contributed by atoms with E-state index < -0.39 is 0 Å².